The zero-order chi connectivity index (χ0) is 28.6. The van der Waals surface area contributed by atoms with Crippen molar-refractivity contribution >= 4 is 34.4 Å². The van der Waals surface area contributed by atoms with Crippen LogP contribution < -0.4 is 10.6 Å². The van der Waals surface area contributed by atoms with Crippen molar-refractivity contribution in [3.63, 3.8) is 0 Å². The molecule has 1 aliphatic heterocycles. The minimum absolute atomic E-state index is 0.0116. The van der Waals surface area contributed by atoms with Gasteiger partial charge in [-0.2, -0.15) is 4.98 Å². The molecule has 2 aromatic carbocycles. The number of piperazine rings is 1. The number of hydrogen-bond acceptors (Lipinski definition) is 6. The van der Waals surface area contributed by atoms with E-state index in [1.807, 2.05) is 43.0 Å². The Morgan fingerprint density at radius 1 is 1.20 bits per heavy atom. The van der Waals surface area contributed by atoms with Crippen LogP contribution >= 0.6 is 11.6 Å². The first-order chi connectivity index (χ1) is 19.2. The van der Waals surface area contributed by atoms with Gasteiger partial charge in [0.25, 0.3) is 0 Å². The Hall–Kier alpha value is -4.24. The molecule has 10 heteroatoms. The second kappa shape index (κ2) is 11.1. The van der Waals surface area contributed by atoms with Crippen molar-refractivity contribution in [2.45, 2.75) is 32.7 Å². The molecule has 2 aromatic heterocycles. The number of aromatic nitrogens is 3. The number of halogens is 2. The molecule has 1 saturated heterocycles. The highest BCUT2D eigenvalue weighted by molar-refractivity contribution is 6.34. The molecule has 8 nitrogen and oxygen atoms in total. The predicted octanol–water partition coefficient (Wildman–Crippen LogP) is 5.12. The standard InChI is InChI=1S/C30H29ClFN5O3/c1-4-9-19-10-6-7-12-23(19)37-29-20(16-21(31)27(33-29)26-22(32)11-8-13-24(26)38)28(34-30(37)40)36-15-14-35(17-18(36)3)25(39)5-2/h5-8,10-13,16,18,38H,2,4,9,14-15,17H2,1,3H3. The van der Waals surface area contributed by atoms with Crippen LogP contribution in [0, 0.1) is 5.82 Å². The van der Waals surface area contributed by atoms with Crippen molar-refractivity contribution < 1.29 is 14.3 Å². The Morgan fingerprint density at radius 3 is 2.67 bits per heavy atom. The van der Waals surface area contributed by atoms with E-state index in [1.165, 1.54) is 28.8 Å². The Kier molecular flexibility index (Phi) is 7.58. The molecule has 4 aromatic rings. The summed E-state index contributed by atoms with van der Waals surface area (Å²) in [5.74, 6) is -0.799. The fraction of sp³-hybridized carbons (Fsp3) is 0.267. The smallest absolute Gasteiger partial charge is 0.355 e. The third kappa shape index (κ3) is 4.81. The maximum Gasteiger partial charge on any atom is 0.355 e. The zero-order valence-electron chi connectivity index (χ0n) is 22.3. The van der Waals surface area contributed by atoms with Gasteiger partial charge in [-0.05, 0) is 49.2 Å². The number of amides is 1. The molecular formula is C30H29ClFN5O3. The van der Waals surface area contributed by atoms with Gasteiger partial charge >= 0.3 is 5.69 Å². The van der Waals surface area contributed by atoms with Gasteiger partial charge in [-0.1, -0.05) is 55.8 Å². The molecule has 206 valence electrons. The van der Waals surface area contributed by atoms with Crippen LogP contribution in [0.4, 0.5) is 10.2 Å². The maximum absolute atomic E-state index is 14.9. The Labute approximate surface area is 236 Å². The van der Waals surface area contributed by atoms with Gasteiger partial charge in [0.15, 0.2) is 5.65 Å². The molecule has 1 unspecified atom stereocenters. The van der Waals surface area contributed by atoms with Crippen LogP contribution in [0.15, 0.2) is 66.0 Å². The third-order valence-corrected chi connectivity index (χ3v) is 7.46. The van der Waals surface area contributed by atoms with Crippen LogP contribution in [0.5, 0.6) is 5.75 Å². The molecule has 0 bridgehead atoms. The lowest BCUT2D eigenvalue weighted by Gasteiger charge is -2.40. The maximum atomic E-state index is 14.9. The Morgan fingerprint density at radius 2 is 1.98 bits per heavy atom. The van der Waals surface area contributed by atoms with Crippen LogP contribution in [0.1, 0.15) is 25.8 Å². The van der Waals surface area contributed by atoms with E-state index in [2.05, 4.69) is 11.6 Å². The number of benzene rings is 2. The third-order valence-electron chi connectivity index (χ3n) is 7.17. The molecule has 40 heavy (non-hydrogen) atoms. The minimum atomic E-state index is -0.695. The minimum Gasteiger partial charge on any atom is -0.507 e. The van der Waals surface area contributed by atoms with Gasteiger partial charge in [-0.25, -0.2) is 18.7 Å². The summed E-state index contributed by atoms with van der Waals surface area (Å²) in [5, 5.41) is 11.1. The number of hydrogen-bond donors (Lipinski definition) is 1. The van der Waals surface area contributed by atoms with E-state index in [-0.39, 0.29) is 39.6 Å². The van der Waals surface area contributed by atoms with Crippen molar-refractivity contribution in [1.29, 1.82) is 0 Å². The van der Waals surface area contributed by atoms with Crippen LogP contribution in [-0.4, -0.2) is 56.1 Å². The number of nitrogens with zero attached hydrogens (tertiary/aromatic N) is 5. The number of carbonyl (C=O) groups excluding carboxylic acids is 1. The summed E-state index contributed by atoms with van der Waals surface area (Å²) in [7, 11) is 0. The molecule has 1 fully saturated rings. The first-order valence-corrected chi connectivity index (χ1v) is 13.5. The SMILES string of the molecule is C=CC(=O)N1CCN(c2nc(=O)n(-c3ccccc3CCC)c3nc(-c4c(O)cccc4F)c(Cl)cc23)C(C)C1. The number of aromatic hydroxyl groups is 1. The van der Waals surface area contributed by atoms with Crippen LogP contribution in [0.2, 0.25) is 5.02 Å². The molecule has 3 heterocycles. The van der Waals surface area contributed by atoms with Gasteiger partial charge in [0.05, 0.1) is 27.4 Å². The highest BCUT2D eigenvalue weighted by Crippen LogP contribution is 2.38. The number of aryl methyl sites for hydroxylation is 1. The van der Waals surface area contributed by atoms with E-state index in [0.717, 1.165) is 18.4 Å². The first-order valence-electron chi connectivity index (χ1n) is 13.1. The van der Waals surface area contributed by atoms with E-state index in [0.29, 0.717) is 36.5 Å². The number of fused-ring (bicyclic) bond motifs is 1. The average Bonchev–Trinajstić information content (AvgIpc) is 2.93. The lowest BCUT2D eigenvalue weighted by molar-refractivity contribution is -0.126. The van der Waals surface area contributed by atoms with Crippen LogP contribution in [0.3, 0.4) is 0 Å². The predicted molar refractivity (Wildman–Crippen MR) is 155 cm³/mol. The van der Waals surface area contributed by atoms with Gasteiger partial charge in [0, 0.05) is 25.7 Å². The van der Waals surface area contributed by atoms with Crippen molar-refractivity contribution in [2.75, 3.05) is 24.5 Å². The second-order valence-electron chi connectivity index (χ2n) is 9.79. The Balaban J connectivity index is 1.79. The molecule has 1 amide bonds. The summed E-state index contributed by atoms with van der Waals surface area (Å²) < 4.78 is 16.4. The molecule has 1 aliphatic rings. The van der Waals surface area contributed by atoms with Crippen molar-refractivity contribution in [3.8, 4) is 22.7 Å². The summed E-state index contributed by atoms with van der Waals surface area (Å²) >= 11 is 6.69. The number of carbonyl (C=O) groups is 1. The van der Waals surface area contributed by atoms with Crippen molar-refractivity contribution in [1.82, 2.24) is 19.4 Å². The van der Waals surface area contributed by atoms with Gasteiger partial charge in [-0.15, -0.1) is 0 Å². The number of anilines is 1. The highest BCUT2D eigenvalue weighted by Gasteiger charge is 2.30. The van der Waals surface area contributed by atoms with E-state index in [4.69, 9.17) is 16.6 Å². The summed E-state index contributed by atoms with van der Waals surface area (Å²) in [4.78, 5) is 38.9. The lowest BCUT2D eigenvalue weighted by Crippen LogP contribution is -2.54. The fourth-order valence-corrected chi connectivity index (χ4v) is 5.52. The molecular weight excluding hydrogens is 533 g/mol. The van der Waals surface area contributed by atoms with Gasteiger partial charge in [0.2, 0.25) is 5.91 Å². The molecule has 1 N–H and O–H groups in total. The van der Waals surface area contributed by atoms with E-state index in [9.17, 15) is 19.1 Å². The molecule has 0 saturated carbocycles. The van der Waals surface area contributed by atoms with Crippen LogP contribution in [-0.2, 0) is 11.2 Å². The van der Waals surface area contributed by atoms with Gasteiger partial charge in [-0.3, -0.25) is 4.79 Å². The lowest BCUT2D eigenvalue weighted by atomic mass is 10.1. The summed E-state index contributed by atoms with van der Waals surface area (Å²) in [6.07, 6.45) is 2.86. The van der Waals surface area contributed by atoms with Crippen molar-refractivity contribution in [3.05, 3.63) is 88.1 Å². The average molecular weight is 562 g/mol. The number of para-hydroxylation sites is 1. The van der Waals surface area contributed by atoms with Crippen molar-refractivity contribution in [2.24, 2.45) is 0 Å². The molecule has 1 atom stereocenters. The Bertz CT molecular complexity index is 1670. The number of phenolic OH excluding ortho intramolecular Hbond substituents is 1. The topological polar surface area (TPSA) is 91.6 Å². The monoisotopic (exact) mass is 561 g/mol. The number of rotatable bonds is 6. The van der Waals surface area contributed by atoms with E-state index >= 15 is 0 Å². The summed E-state index contributed by atoms with van der Waals surface area (Å²) in [6.45, 7) is 8.83. The zero-order valence-corrected chi connectivity index (χ0v) is 23.0. The summed E-state index contributed by atoms with van der Waals surface area (Å²) in [5.41, 5.74) is 1.08. The van der Waals surface area contributed by atoms with E-state index < -0.39 is 11.5 Å². The largest absolute Gasteiger partial charge is 0.507 e. The van der Waals surface area contributed by atoms with Crippen LogP contribution in [0.25, 0.3) is 28.0 Å². The normalized spacial score (nSPS) is 15.4. The first kappa shape index (κ1) is 27.3. The summed E-state index contributed by atoms with van der Waals surface area (Å²) in [6, 6.07) is 12.9. The highest BCUT2D eigenvalue weighted by atomic mass is 35.5. The molecule has 0 radical (unpaired) electrons. The molecule has 5 rings (SSSR count). The number of pyridine rings is 1. The molecule has 0 spiro atoms. The molecule has 0 aliphatic carbocycles. The number of phenols is 1. The van der Waals surface area contributed by atoms with Gasteiger partial charge in [0.1, 0.15) is 17.4 Å². The van der Waals surface area contributed by atoms with Gasteiger partial charge < -0.3 is 14.9 Å². The van der Waals surface area contributed by atoms with E-state index in [1.54, 1.807) is 11.0 Å². The quantitative estimate of drug-likeness (QED) is 0.329. The second-order valence-corrected chi connectivity index (χ2v) is 10.2. The fourth-order valence-electron chi connectivity index (χ4n) is 5.28.